The minimum atomic E-state index is -0.233. The van der Waals surface area contributed by atoms with Crippen molar-refractivity contribution < 1.29 is 9.53 Å². The van der Waals surface area contributed by atoms with Crippen LogP contribution in [0, 0.1) is 0 Å². The van der Waals surface area contributed by atoms with E-state index in [1.54, 1.807) is 6.20 Å². The molecule has 24 heavy (non-hydrogen) atoms. The van der Waals surface area contributed by atoms with Crippen LogP contribution in [0.4, 0.5) is 0 Å². The lowest BCUT2D eigenvalue weighted by Crippen LogP contribution is -2.26. The van der Waals surface area contributed by atoms with Gasteiger partial charge in [-0.1, -0.05) is 18.2 Å². The maximum atomic E-state index is 11.9. The molecule has 1 amide bonds. The van der Waals surface area contributed by atoms with E-state index in [0.29, 0.717) is 25.1 Å². The highest BCUT2D eigenvalue weighted by atomic mass is 16.5. The predicted octanol–water partition coefficient (Wildman–Crippen LogP) is 2.12. The number of rotatable bonds is 6. The number of hydrogen-bond acceptors (Lipinski definition) is 4. The molecule has 2 aromatic heterocycles. The molecule has 6 nitrogen and oxygen atoms in total. The van der Waals surface area contributed by atoms with E-state index in [9.17, 15) is 9.59 Å². The van der Waals surface area contributed by atoms with Crippen molar-refractivity contribution in [3.05, 3.63) is 70.8 Å². The largest absolute Gasteiger partial charge is 0.491 e. The topological polar surface area (TPSA) is 84.1 Å². The number of hydrogen-bond donors (Lipinski definition) is 2. The standard InChI is InChI=1S/C18H17N3O3/c22-16-8-7-14(12-21-16)18(23)20-10-3-11-24-15-6-1-4-13-5-2-9-19-17(13)15/h1-2,4-9,12H,3,10-11H2,(H,20,23)(H,21,22). The lowest BCUT2D eigenvalue weighted by molar-refractivity contribution is 0.0951. The fourth-order valence-corrected chi connectivity index (χ4v) is 2.30. The monoisotopic (exact) mass is 323 g/mol. The number of fused-ring (bicyclic) bond motifs is 1. The molecular weight excluding hydrogens is 306 g/mol. The average molecular weight is 323 g/mol. The molecule has 0 spiro atoms. The van der Waals surface area contributed by atoms with Crippen molar-refractivity contribution in [3.63, 3.8) is 0 Å². The van der Waals surface area contributed by atoms with Gasteiger partial charge in [-0.2, -0.15) is 0 Å². The van der Waals surface area contributed by atoms with E-state index in [2.05, 4.69) is 15.3 Å². The number of para-hydroxylation sites is 1. The molecule has 0 saturated carbocycles. The zero-order chi connectivity index (χ0) is 16.8. The van der Waals surface area contributed by atoms with Gasteiger partial charge in [0.15, 0.2) is 0 Å². The van der Waals surface area contributed by atoms with E-state index in [-0.39, 0.29) is 11.5 Å². The van der Waals surface area contributed by atoms with E-state index in [0.717, 1.165) is 16.7 Å². The van der Waals surface area contributed by atoms with Crippen molar-refractivity contribution in [2.24, 2.45) is 0 Å². The second-order valence-electron chi connectivity index (χ2n) is 5.23. The average Bonchev–Trinajstić information content (AvgIpc) is 2.62. The number of pyridine rings is 2. The van der Waals surface area contributed by atoms with Crippen LogP contribution in [0.2, 0.25) is 0 Å². The summed E-state index contributed by atoms with van der Waals surface area (Å²) in [5.74, 6) is 0.512. The zero-order valence-corrected chi connectivity index (χ0v) is 13.0. The van der Waals surface area contributed by atoms with Gasteiger partial charge < -0.3 is 15.0 Å². The molecule has 0 radical (unpaired) electrons. The van der Waals surface area contributed by atoms with Gasteiger partial charge in [0.2, 0.25) is 5.56 Å². The van der Waals surface area contributed by atoms with E-state index < -0.39 is 0 Å². The highest BCUT2D eigenvalue weighted by molar-refractivity contribution is 5.93. The van der Waals surface area contributed by atoms with Crippen molar-refractivity contribution in [3.8, 4) is 5.75 Å². The Morgan fingerprint density at radius 1 is 1.17 bits per heavy atom. The first kappa shape index (κ1) is 15.7. The highest BCUT2D eigenvalue weighted by Crippen LogP contribution is 2.22. The summed E-state index contributed by atoms with van der Waals surface area (Å²) in [5.41, 5.74) is 1.02. The molecule has 6 heteroatoms. The maximum Gasteiger partial charge on any atom is 0.252 e. The van der Waals surface area contributed by atoms with Crippen LogP contribution in [0.3, 0.4) is 0 Å². The summed E-state index contributed by atoms with van der Waals surface area (Å²) in [6, 6.07) is 12.5. The molecular formula is C18H17N3O3. The normalized spacial score (nSPS) is 10.5. The Morgan fingerprint density at radius 2 is 2.04 bits per heavy atom. The summed E-state index contributed by atoms with van der Waals surface area (Å²) in [7, 11) is 0. The number of amides is 1. The van der Waals surface area contributed by atoms with Crippen molar-refractivity contribution in [2.75, 3.05) is 13.2 Å². The van der Waals surface area contributed by atoms with E-state index in [1.807, 2.05) is 30.3 Å². The number of nitrogens with one attached hydrogen (secondary N) is 2. The van der Waals surface area contributed by atoms with E-state index >= 15 is 0 Å². The van der Waals surface area contributed by atoms with Crippen LogP contribution < -0.4 is 15.6 Å². The van der Waals surface area contributed by atoms with Crippen LogP contribution in [0.25, 0.3) is 10.9 Å². The van der Waals surface area contributed by atoms with Gasteiger partial charge in [-0.25, -0.2) is 0 Å². The van der Waals surface area contributed by atoms with Crippen LogP contribution in [0.1, 0.15) is 16.8 Å². The number of aromatic nitrogens is 2. The number of H-pyrrole nitrogens is 1. The Labute approximate surface area is 138 Å². The van der Waals surface area contributed by atoms with Crippen molar-refractivity contribution in [2.45, 2.75) is 6.42 Å². The summed E-state index contributed by atoms with van der Waals surface area (Å²) in [4.78, 5) is 29.6. The van der Waals surface area contributed by atoms with Gasteiger partial charge in [-0.05, 0) is 24.6 Å². The van der Waals surface area contributed by atoms with Gasteiger partial charge >= 0.3 is 0 Å². The van der Waals surface area contributed by atoms with Crippen molar-refractivity contribution >= 4 is 16.8 Å². The molecule has 3 rings (SSSR count). The number of aromatic amines is 1. The number of benzene rings is 1. The van der Waals surface area contributed by atoms with Crippen LogP contribution in [0.15, 0.2) is 59.7 Å². The van der Waals surface area contributed by atoms with Crippen LogP contribution in [-0.2, 0) is 0 Å². The van der Waals surface area contributed by atoms with Crippen LogP contribution in [0.5, 0.6) is 5.75 Å². The molecule has 3 aromatic rings. The zero-order valence-electron chi connectivity index (χ0n) is 13.0. The fraction of sp³-hybridized carbons (Fsp3) is 0.167. The molecule has 1 aromatic carbocycles. The third-order valence-corrected chi connectivity index (χ3v) is 3.51. The first-order chi connectivity index (χ1) is 11.7. The Kier molecular flexibility index (Phi) is 4.86. The van der Waals surface area contributed by atoms with Gasteiger partial charge in [0, 0.05) is 30.4 Å². The molecule has 0 aliphatic carbocycles. The number of nitrogens with zero attached hydrogens (tertiary/aromatic N) is 1. The van der Waals surface area contributed by atoms with E-state index in [4.69, 9.17) is 4.74 Å². The molecule has 0 bridgehead atoms. The molecule has 0 saturated heterocycles. The molecule has 0 fully saturated rings. The SMILES string of the molecule is O=C(NCCCOc1cccc2cccnc12)c1ccc(=O)[nH]c1. The molecule has 0 unspecified atom stereocenters. The molecule has 0 aliphatic heterocycles. The summed E-state index contributed by atoms with van der Waals surface area (Å²) in [6.45, 7) is 0.956. The minimum absolute atomic E-state index is 0.224. The number of carbonyl (C=O) groups is 1. The lowest BCUT2D eigenvalue weighted by Gasteiger charge is -2.09. The third kappa shape index (κ3) is 3.78. The number of carbonyl (C=O) groups excluding carboxylic acids is 1. The predicted molar refractivity (Wildman–Crippen MR) is 91.3 cm³/mol. The molecule has 2 heterocycles. The van der Waals surface area contributed by atoms with Crippen LogP contribution >= 0.6 is 0 Å². The smallest absolute Gasteiger partial charge is 0.252 e. The Balaban J connectivity index is 1.48. The summed E-state index contributed by atoms with van der Waals surface area (Å²) in [5, 5.41) is 3.81. The Bertz CT molecular complexity index is 879. The van der Waals surface area contributed by atoms with Crippen molar-refractivity contribution in [1.29, 1.82) is 0 Å². The molecule has 2 N–H and O–H groups in total. The molecule has 0 aliphatic rings. The number of ether oxygens (including phenoxy) is 1. The quantitative estimate of drug-likeness (QED) is 0.681. The second-order valence-corrected chi connectivity index (χ2v) is 5.23. The van der Waals surface area contributed by atoms with Crippen molar-refractivity contribution in [1.82, 2.24) is 15.3 Å². The maximum absolute atomic E-state index is 11.9. The summed E-state index contributed by atoms with van der Waals surface area (Å²) in [6.07, 6.45) is 3.80. The Hall–Kier alpha value is -3.15. The second kappa shape index (κ2) is 7.41. The van der Waals surface area contributed by atoms with E-state index in [1.165, 1.54) is 18.3 Å². The highest BCUT2D eigenvalue weighted by Gasteiger charge is 2.05. The minimum Gasteiger partial charge on any atom is -0.491 e. The molecule has 122 valence electrons. The van der Waals surface area contributed by atoms with Crippen LogP contribution in [-0.4, -0.2) is 29.0 Å². The lowest BCUT2D eigenvalue weighted by atomic mass is 10.2. The first-order valence-electron chi connectivity index (χ1n) is 7.67. The van der Waals surface area contributed by atoms with Gasteiger partial charge in [-0.15, -0.1) is 0 Å². The summed E-state index contributed by atoms with van der Waals surface area (Å²) < 4.78 is 5.76. The fourth-order valence-electron chi connectivity index (χ4n) is 2.30. The van der Waals surface area contributed by atoms with Gasteiger partial charge in [-0.3, -0.25) is 14.6 Å². The molecule has 0 atom stereocenters. The first-order valence-corrected chi connectivity index (χ1v) is 7.67. The van der Waals surface area contributed by atoms with Gasteiger partial charge in [0.1, 0.15) is 11.3 Å². The Morgan fingerprint density at radius 3 is 2.88 bits per heavy atom. The third-order valence-electron chi connectivity index (χ3n) is 3.51. The van der Waals surface area contributed by atoms with Gasteiger partial charge in [0.25, 0.3) is 5.91 Å². The van der Waals surface area contributed by atoms with Gasteiger partial charge in [0.05, 0.1) is 12.2 Å². The summed E-state index contributed by atoms with van der Waals surface area (Å²) >= 11 is 0.